The largest absolute Gasteiger partial charge is 0.356 e. The van der Waals surface area contributed by atoms with Gasteiger partial charge < -0.3 is 5.32 Å². The summed E-state index contributed by atoms with van der Waals surface area (Å²) >= 11 is 0. The molecular formula is C14H17N. The number of rotatable bonds is 0. The minimum Gasteiger partial charge on any atom is -0.356 e. The lowest BCUT2D eigenvalue weighted by Gasteiger charge is -2.22. The van der Waals surface area contributed by atoms with Crippen molar-refractivity contribution in [1.82, 2.24) is 0 Å². The van der Waals surface area contributed by atoms with Crippen LogP contribution in [0.3, 0.4) is 0 Å². The summed E-state index contributed by atoms with van der Waals surface area (Å²) in [7, 11) is 0. The van der Waals surface area contributed by atoms with Crippen molar-refractivity contribution in [1.29, 1.82) is 0 Å². The van der Waals surface area contributed by atoms with Gasteiger partial charge in [-0.1, -0.05) is 39.5 Å². The molecule has 0 saturated heterocycles. The van der Waals surface area contributed by atoms with Crippen LogP contribution in [0.25, 0.3) is 6.08 Å². The third-order valence-corrected chi connectivity index (χ3v) is 2.68. The normalized spacial score (nSPS) is 14.7. The molecule has 0 bridgehead atoms. The van der Waals surface area contributed by atoms with Crippen molar-refractivity contribution in [3.05, 3.63) is 47.7 Å². The second kappa shape index (κ2) is 3.27. The quantitative estimate of drug-likeness (QED) is 0.667. The summed E-state index contributed by atoms with van der Waals surface area (Å²) in [6, 6.07) is 6.55. The molecule has 0 unspecified atom stereocenters. The van der Waals surface area contributed by atoms with Gasteiger partial charge in [0.05, 0.1) is 0 Å². The van der Waals surface area contributed by atoms with Gasteiger partial charge in [-0.05, 0) is 34.8 Å². The molecule has 1 heterocycles. The first kappa shape index (κ1) is 10.0. The van der Waals surface area contributed by atoms with Crippen molar-refractivity contribution < 1.29 is 0 Å². The molecule has 1 aromatic rings. The topological polar surface area (TPSA) is 12.0 Å². The molecular weight excluding hydrogens is 182 g/mol. The summed E-state index contributed by atoms with van der Waals surface area (Å²) in [4.78, 5) is 0. The number of fused-ring (bicyclic) bond motifs is 1. The molecule has 0 aromatic heterocycles. The van der Waals surface area contributed by atoms with Gasteiger partial charge in [0, 0.05) is 11.4 Å². The molecule has 1 aromatic carbocycles. The van der Waals surface area contributed by atoms with Crippen molar-refractivity contribution in [2.75, 3.05) is 5.32 Å². The van der Waals surface area contributed by atoms with Gasteiger partial charge in [-0.3, -0.25) is 0 Å². The molecule has 0 amide bonds. The van der Waals surface area contributed by atoms with Gasteiger partial charge in [-0.25, -0.2) is 0 Å². The first-order valence-electron chi connectivity index (χ1n) is 5.25. The van der Waals surface area contributed by atoms with Crippen LogP contribution in [-0.2, 0) is 5.41 Å². The lowest BCUT2D eigenvalue weighted by molar-refractivity contribution is 0.590. The number of nitrogens with one attached hydrogen (secondary N) is 1. The summed E-state index contributed by atoms with van der Waals surface area (Å²) in [5, 5.41) is 3.26. The first-order valence-corrected chi connectivity index (χ1v) is 5.25. The van der Waals surface area contributed by atoms with Gasteiger partial charge in [0.1, 0.15) is 0 Å². The molecule has 0 fully saturated rings. The number of hydrogen-bond donors (Lipinski definition) is 1. The number of anilines is 1. The molecule has 78 valence electrons. The van der Waals surface area contributed by atoms with Crippen molar-refractivity contribution in [2.45, 2.75) is 26.2 Å². The zero-order valence-corrected chi connectivity index (χ0v) is 9.59. The predicted molar refractivity (Wildman–Crippen MR) is 66.9 cm³/mol. The van der Waals surface area contributed by atoms with Crippen LogP contribution in [0.15, 0.2) is 36.6 Å². The Hall–Kier alpha value is -1.50. The second-order valence-electron chi connectivity index (χ2n) is 5.04. The lowest BCUT2D eigenvalue weighted by atomic mass is 9.85. The maximum atomic E-state index is 3.89. The van der Waals surface area contributed by atoms with Crippen molar-refractivity contribution in [3.8, 4) is 0 Å². The highest BCUT2D eigenvalue weighted by Crippen LogP contribution is 2.30. The van der Waals surface area contributed by atoms with Crippen LogP contribution >= 0.6 is 0 Å². The van der Waals surface area contributed by atoms with E-state index < -0.39 is 0 Å². The molecule has 15 heavy (non-hydrogen) atoms. The van der Waals surface area contributed by atoms with Crippen LogP contribution in [0.4, 0.5) is 5.69 Å². The van der Waals surface area contributed by atoms with Crippen LogP contribution in [-0.4, -0.2) is 0 Å². The smallest absolute Gasteiger partial charge is 0.0457 e. The van der Waals surface area contributed by atoms with Gasteiger partial charge in [0.25, 0.3) is 0 Å². The zero-order chi connectivity index (χ0) is 11.1. The Morgan fingerprint density at radius 3 is 2.53 bits per heavy atom. The fraction of sp³-hybridized carbons (Fsp3) is 0.286. The standard InChI is InChI=1S/C14H17N/c1-10-5-6-11-9-12(14(2,3)4)7-8-13(11)15-10/h5-9,15H,1H2,2-4H3. The molecule has 1 aliphatic heterocycles. The predicted octanol–water partition coefficient (Wildman–Crippen LogP) is 3.94. The molecule has 1 aliphatic rings. The average molecular weight is 199 g/mol. The maximum Gasteiger partial charge on any atom is 0.0457 e. The van der Waals surface area contributed by atoms with E-state index in [-0.39, 0.29) is 5.41 Å². The number of benzene rings is 1. The lowest BCUT2D eigenvalue weighted by Crippen LogP contribution is -2.12. The van der Waals surface area contributed by atoms with E-state index in [2.05, 4.69) is 56.9 Å². The van der Waals surface area contributed by atoms with Gasteiger partial charge in [0.2, 0.25) is 0 Å². The molecule has 2 rings (SSSR count). The first-order chi connectivity index (χ1) is 6.97. The van der Waals surface area contributed by atoms with Crippen molar-refractivity contribution in [2.24, 2.45) is 0 Å². The summed E-state index contributed by atoms with van der Waals surface area (Å²) in [5.41, 5.74) is 4.91. The molecule has 0 radical (unpaired) electrons. The zero-order valence-electron chi connectivity index (χ0n) is 9.59. The van der Waals surface area contributed by atoms with Crippen LogP contribution in [0.1, 0.15) is 31.9 Å². The van der Waals surface area contributed by atoms with Crippen molar-refractivity contribution in [3.63, 3.8) is 0 Å². The van der Waals surface area contributed by atoms with E-state index in [1.54, 1.807) is 0 Å². The highest BCUT2D eigenvalue weighted by atomic mass is 14.9. The van der Waals surface area contributed by atoms with Crippen LogP contribution < -0.4 is 5.32 Å². The Bertz CT molecular complexity index is 433. The van der Waals surface area contributed by atoms with Gasteiger partial charge in [-0.2, -0.15) is 0 Å². The van der Waals surface area contributed by atoms with E-state index in [4.69, 9.17) is 0 Å². The fourth-order valence-corrected chi connectivity index (χ4v) is 1.69. The second-order valence-corrected chi connectivity index (χ2v) is 5.04. The Balaban J connectivity index is 2.46. The fourth-order valence-electron chi connectivity index (χ4n) is 1.69. The van der Waals surface area contributed by atoms with Gasteiger partial charge in [-0.15, -0.1) is 0 Å². The number of hydrogen-bond acceptors (Lipinski definition) is 1. The Morgan fingerprint density at radius 1 is 1.13 bits per heavy atom. The van der Waals surface area contributed by atoms with Crippen LogP contribution in [0, 0.1) is 0 Å². The molecule has 1 N–H and O–H groups in total. The molecule has 0 saturated carbocycles. The van der Waals surface area contributed by atoms with E-state index in [9.17, 15) is 0 Å². The van der Waals surface area contributed by atoms with Gasteiger partial charge >= 0.3 is 0 Å². The van der Waals surface area contributed by atoms with E-state index in [0.717, 1.165) is 11.4 Å². The van der Waals surface area contributed by atoms with Crippen LogP contribution in [0.5, 0.6) is 0 Å². The van der Waals surface area contributed by atoms with Crippen LogP contribution in [0.2, 0.25) is 0 Å². The van der Waals surface area contributed by atoms with E-state index in [1.807, 2.05) is 6.08 Å². The molecule has 1 heteroatoms. The Kier molecular flexibility index (Phi) is 2.18. The summed E-state index contributed by atoms with van der Waals surface area (Å²) in [6.07, 6.45) is 4.12. The van der Waals surface area contributed by atoms with E-state index in [1.165, 1.54) is 11.1 Å². The maximum absolute atomic E-state index is 3.89. The highest BCUT2D eigenvalue weighted by molar-refractivity contribution is 5.75. The highest BCUT2D eigenvalue weighted by Gasteiger charge is 2.15. The molecule has 1 nitrogen and oxygen atoms in total. The van der Waals surface area contributed by atoms with Gasteiger partial charge in [0.15, 0.2) is 0 Å². The van der Waals surface area contributed by atoms with E-state index >= 15 is 0 Å². The molecule has 0 aliphatic carbocycles. The molecule has 0 atom stereocenters. The monoisotopic (exact) mass is 199 g/mol. The molecule has 0 spiro atoms. The van der Waals surface area contributed by atoms with Crippen molar-refractivity contribution >= 4 is 11.8 Å². The average Bonchev–Trinajstić information content (AvgIpc) is 2.15. The van der Waals surface area contributed by atoms with E-state index in [0.29, 0.717) is 0 Å². The third-order valence-electron chi connectivity index (χ3n) is 2.68. The summed E-state index contributed by atoms with van der Waals surface area (Å²) in [6.45, 7) is 10.6. The SMILES string of the molecule is C=C1C=Cc2cc(C(C)(C)C)ccc2N1. The summed E-state index contributed by atoms with van der Waals surface area (Å²) in [5.74, 6) is 0. The Labute approximate surface area is 91.5 Å². The minimum atomic E-state index is 0.206. The minimum absolute atomic E-state index is 0.206. The Morgan fingerprint density at radius 2 is 1.87 bits per heavy atom. The third kappa shape index (κ3) is 1.96. The number of allylic oxidation sites excluding steroid dienone is 1. The summed E-state index contributed by atoms with van der Waals surface area (Å²) < 4.78 is 0.